The molecule has 2 fully saturated rings. The van der Waals surface area contributed by atoms with Crippen molar-refractivity contribution in [3.8, 4) is 0 Å². The molecule has 4 rings (SSSR count). The number of thiophene rings is 1. The lowest BCUT2D eigenvalue weighted by atomic mass is 10.2. The van der Waals surface area contributed by atoms with Gasteiger partial charge in [-0.3, -0.25) is 24.2 Å². The minimum atomic E-state index is -0.468. The number of imide groups is 1. The highest BCUT2D eigenvalue weighted by molar-refractivity contribution is 8.18. The molecule has 3 amide bonds. The fourth-order valence-corrected chi connectivity index (χ4v) is 5.54. The Labute approximate surface area is 188 Å². The second-order valence-corrected chi connectivity index (χ2v) is 9.32. The Morgan fingerprint density at radius 1 is 1.23 bits per heavy atom. The quantitative estimate of drug-likeness (QED) is 0.637. The molecule has 0 aliphatic carbocycles. The second-order valence-electron chi connectivity index (χ2n) is 7.35. The number of benzene rings is 1. The Kier molecular flexibility index (Phi) is 6.84. The molecule has 0 spiro atoms. The van der Waals surface area contributed by atoms with E-state index >= 15 is 0 Å². The molecule has 1 aromatic heterocycles. The van der Waals surface area contributed by atoms with Gasteiger partial charge < -0.3 is 5.32 Å². The van der Waals surface area contributed by atoms with Crippen molar-refractivity contribution in [2.24, 2.45) is 0 Å². The lowest BCUT2D eigenvalue weighted by Gasteiger charge is -2.23. The highest BCUT2D eigenvalue weighted by atomic mass is 32.2. The van der Waals surface area contributed by atoms with Gasteiger partial charge in [-0.1, -0.05) is 24.3 Å². The highest BCUT2D eigenvalue weighted by Gasteiger charge is 2.35. The van der Waals surface area contributed by atoms with Crippen molar-refractivity contribution < 1.29 is 18.8 Å². The van der Waals surface area contributed by atoms with Gasteiger partial charge >= 0.3 is 0 Å². The molecule has 1 aromatic carbocycles. The summed E-state index contributed by atoms with van der Waals surface area (Å²) in [7, 11) is 0. The predicted molar refractivity (Wildman–Crippen MR) is 120 cm³/mol. The van der Waals surface area contributed by atoms with Gasteiger partial charge in [0.1, 0.15) is 5.82 Å². The first-order chi connectivity index (χ1) is 15.0. The van der Waals surface area contributed by atoms with Crippen LogP contribution in [0.15, 0.2) is 46.7 Å². The standard InChI is InChI=1S/C22H22FN3O3S2/c23-16-6-2-1-5-15(16)13-19-21(28)26(22(29)31-19)11-9-24-20(27)14-25-10-3-7-17(25)18-8-4-12-30-18/h1-2,4-6,8,12-13,17H,3,7,9-11,14H2,(H,24,27)/b19-13-. The fourth-order valence-electron chi connectivity index (χ4n) is 3.79. The number of carbonyl (C=O) groups is 3. The first-order valence-corrected chi connectivity index (χ1v) is 11.8. The Morgan fingerprint density at radius 2 is 2.06 bits per heavy atom. The SMILES string of the molecule is O=C(CN1CCCC1c1cccs1)NCCN1C(=O)S/C(=C\c2ccccc2F)C1=O. The number of rotatable bonds is 7. The topological polar surface area (TPSA) is 69.7 Å². The van der Waals surface area contributed by atoms with Crippen LogP contribution in [-0.4, -0.2) is 53.0 Å². The van der Waals surface area contributed by atoms with Crippen molar-refractivity contribution >= 4 is 46.2 Å². The van der Waals surface area contributed by atoms with Crippen LogP contribution in [0, 0.1) is 5.82 Å². The number of nitrogens with one attached hydrogen (secondary N) is 1. The molecule has 0 radical (unpaired) electrons. The monoisotopic (exact) mass is 459 g/mol. The Bertz CT molecular complexity index is 1010. The van der Waals surface area contributed by atoms with Gasteiger partial charge in [0.2, 0.25) is 5.91 Å². The number of likely N-dealkylation sites (tertiary alicyclic amines) is 1. The zero-order chi connectivity index (χ0) is 21.8. The Morgan fingerprint density at radius 3 is 2.84 bits per heavy atom. The Hall–Kier alpha value is -2.49. The van der Waals surface area contributed by atoms with Crippen LogP contribution in [0.2, 0.25) is 0 Å². The maximum atomic E-state index is 13.8. The van der Waals surface area contributed by atoms with Crippen LogP contribution in [-0.2, 0) is 9.59 Å². The summed E-state index contributed by atoms with van der Waals surface area (Å²) >= 11 is 2.48. The van der Waals surface area contributed by atoms with Crippen molar-refractivity contribution in [2.75, 3.05) is 26.2 Å². The highest BCUT2D eigenvalue weighted by Crippen LogP contribution is 2.34. The summed E-state index contributed by atoms with van der Waals surface area (Å²) in [6.07, 6.45) is 3.48. The van der Waals surface area contributed by atoms with Crippen LogP contribution in [0.1, 0.15) is 29.3 Å². The first kappa shape index (κ1) is 21.7. The number of carbonyl (C=O) groups excluding carboxylic acids is 3. The maximum Gasteiger partial charge on any atom is 0.293 e. The molecule has 2 aliphatic heterocycles. The van der Waals surface area contributed by atoms with Crippen molar-refractivity contribution in [1.82, 2.24) is 15.1 Å². The van der Waals surface area contributed by atoms with E-state index in [-0.39, 0.29) is 42.1 Å². The molecule has 6 nitrogen and oxygen atoms in total. The van der Waals surface area contributed by atoms with Gasteiger partial charge in [0.25, 0.3) is 11.1 Å². The number of nitrogens with zero attached hydrogens (tertiary/aromatic N) is 2. The summed E-state index contributed by atoms with van der Waals surface area (Å²) in [5.74, 6) is -1.05. The lowest BCUT2D eigenvalue weighted by Crippen LogP contribution is -2.41. The van der Waals surface area contributed by atoms with E-state index in [4.69, 9.17) is 0 Å². The van der Waals surface area contributed by atoms with Crippen LogP contribution in [0.4, 0.5) is 9.18 Å². The first-order valence-electron chi connectivity index (χ1n) is 10.1. The van der Waals surface area contributed by atoms with Crippen molar-refractivity contribution in [1.29, 1.82) is 0 Å². The van der Waals surface area contributed by atoms with E-state index in [1.165, 1.54) is 17.0 Å². The van der Waals surface area contributed by atoms with Crippen LogP contribution in [0.5, 0.6) is 0 Å². The summed E-state index contributed by atoms with van der Waals surface area (Å²) in [5.41, 5.74) is 0.257. The molecule has 9 heteroatoms. The smallest absolute Gasteiger partial charge is 0.293 e. The number of amides is 3. The van der Waals surface area contributed by atoms with E-state index in [1.54, 1.807) is 29.5 Å². The molecular weight excluding hydrogens is 437 g/mol. The van der Waals surface area contributed by atoms with E-state index in [0.717, 1.165) is 36.0 Å². The molecular formula is C22H22FN3O3S2. The van der Waals surface area contributed by atoms with E-state index in [0.29, 0.717) is 0 Å². The third-order valence-electron chi connectivity index (χ3n) is 5.30. The zero-order valence-corrected chi connectivity index (χ0v) is 18.4. The van der Waals surface area contributed by atoms with E-state index in [2.05, 4.69) is 16.3 Å². The van der Waals surface area contributed by atoms with Crippen LogP contribution in [0.3, 0.4) is 0 Å². The number of halogens is 1. The molecule has 3 heterocycles. The van der Waals surface area contributed by atoms with Crippen LogP contribution in [0.25, 0.3) is 6.08 Å². The minimum Gasteiger partial charge on any atom is -0.353 e. The van der Waals surface area contributed by atoms with E-state index in [1.807, 2.05) is 11.4 Å². The van der Waals surface area contributed by atoms with Crippen molar-refractivity contribution in [3.63, 3.8) is 0 Å². The van der Waals surface area contributed by atoms with Gasteiger partial charge in [-0.2, -0.15) is 0 Å². The number of hydrogen-bond acceptors (Lipinski definition) is 6. The zero-order valence-electron chi connectivity index (χ0n) is 16.8. The molecule has 2 saturated heterocycles. The van der Waals surface area contributed by atoms with Gasteiger partial charge in [-0.05, 0) is 54.7 Å². The summed E-state index contributed by atoms with van der Waals surface area (Å²) in [5, 5.41) is 4.43. The van der Waals surface area contributed by atoms with Gasteiger partial charge in [0, 0.05) is 29.6 Å². The average molecular weight is 460 g/mol. The second kappa shape index (κ2) is 9.76. The largest absolute Gasteiger partial charge is 0.353 e. The van der Waals surface area contributed by atoms with E-state index in [9.17, 15) is 18.8 Å². The normalized spacial score (nSPS) is 20.7. The number of thioether (sulfide) groups is 1. The summed E-state index contributed by atoms with van der Waals surface area (Å²) < 4.78 is 13.8. The predicted octanol–water partition coefficient (Wildman–Crippen LogP) is 3.88. The Balaban J connectivity index is 1.28. The van der Waals surface area contributed by atoms with Crippen molar-refractivity contribution in [3.05, 3.63) is 62.9 Å². The molecule has 1 unspecified atom stereocenters. The van der Waals surface area contributed by atoms with Crippen LogP contribution < -0.4 is 5.32 Å². The minimum absolute atomic E-state index is 0.0827. The molecule has 162 valence electrons. The molecule has 2 aromatic rings. The number of hydrogen-bond donors (Lipinski definition) is 1. The summed E-state index contributed by atoms with van der Waals surface area (Å²) in [4.78, 5) is 41.8. The summed E-state index contributed by atoms with van der Waals surface area (Å²) in [6.45, 7) is 1.43. The average Bonchev–Trinajstić information content (AvgIpc) is 3.47. The molecule has 1 atom stereocenters. The van der Waals surface area contributed by atoms with Gasteiger partial charge in [-0.25, -0.2) is 4.39 Å². The van der Waals surface area contributed by atoms with Crippen molar-refractivity contribution in [2.45, 2.75) is 18.9 Å². The molecule has 31 heavy (non-hydrogen) atoms. The van der Waals surface area contributed by atoms with Gasteiger partial charge in [-0.15, -0.1) is 11.3 Å². The lowest BCUT2D eigenvalue weighted by molar-refractivity contribution is -0.124. The third kappa shape index (κ3) is 5.06. The molecule has 0 saturated carbocycles. The van der Waals surface area contributed by atoms with Gasteiger partial charge in [0.05, 0.1) is 11.4 Å². The third-order valence-corrected chi connectivity index (χ3v) is 7.19. The molecule has 0 bridgehead atoms. The van der Waals surface area contributed by atoms with Gasteiger partial charge in [0.15, 0.2) is 0 Å². The summed E-state index contributed by atoms with van der Waals surface area (Å²) in [6, 6.07) is 10.5. The van der Waals surface area contributed by atoms with E-state index < -0.39 is 17.0 Å². The maximum absolute atomic E-state index is 13.8. The molecule has 2 aliphatic rings. The fraction of sp³-hybridized carbons (Fsp3) is 0.318. The van der Waals surface area contributed by atoms with Crippen LogP contribution >= 0.6 is 23.1 Å². The molecule has 1 N–H and O–H groups in total.